The largest absolute Gasteiger partial charge is 0.123 e. The van der Waals surface area contributed by atoms with Crippen molar-refractivity contribution in [3.8, 4) is 12.3 Å². The Morgan fingerprint density at radius 3 is 2.90 bits per heavy atom. The molecule has 0 bridgehead atoms. The maximum absolute atomic E-state index is 5.40. The monoisotopic (exact) mass is 190 g/mol. The van der Waals surface area contributed by atoms with Crippen LogP contribution >= 0.6 is 16.6 Å². The van der Waals surface area contributed by atoms with Crippen LogP contribution in [0.4, 0.5) is 0 Å². The summed E-state index contributed by atoms with van der Waals surface area (Å²) in [6.07, 6.45) is 7.67. The zero-order valence-corrected chi connectivity index (χ0v) is 8.57. The van der Waals surface area contributed by atoms with Gasteiger partial charge in [0.05, 0.1) is 0 Å². The van der Waals surface area contributed by atoms with Gasteiger partial charge in [0, 0.05) is 16.9 Å². The Kier molecular flexibility index (Phi) is 2.86. The van der Waals surface area contributed by atoms with Crippen LogP contribution in [0.25, 0.3) is 0 Å². The molecule has 10 heavy (non-hydrogen) atoms. The van der Waals surface area contributed by atoms with E-state index in [9.17, 15) is 0 Å². The van der Waals surface area contributed by atoms with Crippen LogP contribution in [-0.2, 0) is 11.8 Å². The first kappa shape index (κ1) is 8.65. The first-order valence-electron chi connectivity index (χ1n) is 3.31. The zero-order valence-electron chi connectivity index (χ0n) is 6.04. The first-order valence-corrected chi connectivity index (χ1v) is 8.34. The lowest BCUT2D eigenvalue weighted by Crippen LogP contribution is -2.08. The lowest BCUT2D eigenvalue weighted by Gasteiger charge is -2.25. The normalized spacial score (nSPS) is 40.6. The molecule has 2 unspecified atom stereocenters. The van der Waals surface area contributed by atoms with Crippen LogP contribution in [0.5, 0.6) is 0 Å². The van der Waals surface area contributed by atoms with E-state index in [1.807, 2.05) is 11.4 Å². The highest BCUT2D eigenvalue weighted by Gasteiger charge is 2.21. The second kappa shape index (κ2) is 3.30. The Labute approximate surface area is 71.9 Å². The fourth-order valence-electron chi connectivity index (χ4n) is 0.917. The summed E-state index contributed by atoms with van der Waals surface area (Å²) in [5, 5.41) is -0.983. The van der Waals surface area contributed by atoms with Gasteiger partial charge in [-0.1, -0.05) is 11.8 Å². The van der Waals surface area contributed by atoms with Crippen molar-refractivity contribution in [1.29, 1.82) is 0 Å². The third-order valence-electron chi connectivity index (χ3n) is 1.67. The average molecular weight is 190 g/mol. The van der Waals surface area contributed by atoms with Crippen molar-refractivity contribution in [2.24, 2.45) is 5.92 Å². The van der Waals surface area contributed by atoms with E-state index in [1.54, 1.807) is 0 Å². The van der Waals surface area contributed by atoms with Crippen LogP contribution in [-0.4, -0.2) is 18.6 Å². The Morgan fingerprint density at radius 2 is 2.50 bits per heavy atom. The van der Waals surface area contributed by atoms with E-state index in [-0.39, 0.29) is 0 Å². The van der Waals surface area contributed by atoms with Crippen molar-refractivity contribution in [1.82, 2.24) is 0 Å². The van der Waals surface area contributed by atoms with Crippen molar-refractivity contribution in [3.05, 3.63) is 0 Å². The van der Waals surface area contributed by atoms with Gasteiger partial charge in [0.25, 0.3) is 0 Å². The van der Waals surface area contributed by atoms with Gasteiger partial charge in [-0.2, -0.15) is 0 Å². The van der Waals surface area contributed by atoms with Gasteiger partial charge >= 0.3 is 0 Å². The van der Waals surface area contributed by atoms with Gasteiger partial charge in [0.2, 0.25) is 0 Å². The van der Waals surface area contributed by atoms with E-state index in [0.29, 0.717) is 5.92 Å². The number of hydrogen-bond donors (Lipinski definition) is 0. The minimum Gasteiger partial charge on any atom is -0.123 e. The second-order valence-corrected chi connectivity index (χ2v) is 12.1. The third-order valence-corrected chi connectivity index (χ3v) is 7.97. The van der Waals surface area contributed by atoms with Gasteiger partial charge in [0.1, 0.15) is 0 Å². The first-order chi connectivity index (χ1) is 4.64. The van der Waals surface area contributed by atoms with E-state index in [4.69, 9.17) is 18.2 Å². The molecule has 1 aliphatic heterocycles. The number of hydrogen-bond acceptors (Lipinski definition) is 2. The molecule has 0 nitrogen and oxygen atoms in total. The fourth-order valence-corrected chi connectivity index (χ4v) is 5.64. The molecule has 1 heterocycles. The predicted molar refractivity (Wildman–Crippen MR) is 54.5 cm³/mol. The maximum Gasteiger partial charge on any atom is 0.0298 e. The van der Waals surface area contributed by atoms with Crippen LogP contribution in [0.3, 0.4) is 0 Å². The number of terminal acetylenes is 1. The quantitative estimate of drug-likeness (QED) is 0.425. The molecule has 0 aromatic carbocycles. The van der Waals surface area contributed by atoms with Crippen molar-refractivity contribution in [2.45, 2.75) is 6.42 Å². The molecule has 0 radical (unpaired) electrons. The average Bonchev–Trinajstić information content (AvgIpc) is 1.88. The number of rotatable bonds is 0. The van der Waals surface area contributed by atoms with Crippen LogP contribution in [0.2, 0.25) is 0 Å². The fraction of sp³-hybridized carbons (Fsp3) is 0.714. The van der Waals surface area contributed by atoms with Gasteiger partial charge in [-0.15, -0.1) is 23.7 Å². The summed E-state index contributed by atoms with van der Waals surface area (Å²) in [7, 11) is 0. The lowest BCUT2D eigenvalue weighted by molar-refractivity contribution is 0.738. The summed E-state index contributed by atoms with van der Waals surface area (Å²) >= 11 is 7.34. The highest BCUT2D eigenvalue weighted by molar-refractivity contribution is 8.70. The van der Waals surface area contributed by atoms with E-state index < -0.39 is 5.24 Å². The Morgan fingerprint density at radius 1 is 1.80 bits per heavy atom. The van der Waals surface area contributed by atoms with Crippen LogP contribution in [0.15, 0.2) is 0 Å². The smallest absolute Gasteiger partial charge is 0.0298 e. The summed E-state index contributed by atoms with van der Waals surface area (Å²) in [6, 6.07) is 0. The molecule has 3 heteroatoms. The predicted octanol–water partition coefficient (Wildman–Crippen LogP) is 2.40. The molecule has 1 aliphatic rings. The van der Waals surface area contributed by atoms with Gasteiger partial charge in [-0.25, -0.2) is 0 Å². The highest BCUT2D eigenvalue weighted by Crippen LogP contribution is 2.59. The van der Waals surface area contributed by atoms with E-state index in [2.05, 4.69) is 12.6 Å². The zero-order chi connectivity index (χ0) is 7.61. The molecule has 0 saturated carbocycles. The Hall–Kier alpha value is 0.560. The van der Waals surface area contributed by atoms with Crippen LogP contribution in [0.1, 0.15) is 6.42 Å². The van der Waals surface area contributed by atoms with E-state index >= 15 is 0 Å². The molecule has 0 N–H and O–H groups in total. The van der Waals surface area contributed by atoms with Crippen molar-refractivity contribution >= 4 is 28.4 Å². The standard InChI is InChI=1S/C7H11PS2/c1-3-7-4-5-8(2,9)10-6-7/h1,7H,4-6H2,2H3. The van der Waals surface area contributed by atoms with Crippen molar-refractivity contribution in [3.63, 3.8) is 0 Å². The molecular weight excluding hydrogens is 179 g/mol. The summed E-state index contributed by atoms with van der Waals surface area (Å²) in [5.41, 5.74) is 0. The molecule has 0 aliphatic carbocycles. The van der Waals surface area contributed by atoms with Crippen LogP contribution in [0, 0.1) is 18.3 Å². The Bertz CT molecular complexity index is 192. The highest BCUT2D eigenvalue weighted by atomic mass is 32.9. The van der Waals surface area contributed by atoms with Gasteiger partial charge < -0.3 is 0 Å². The van der Waals surface area contributed by atoms with Crippen molar-refractivity contribution in [2.75, 3.05) is 18.6 Å². The summed E-state index contributed by atoms with van der Waals surface area (Å²) < 4.78 is 0. The molecule has 0 aromatic heterocycles. The molecular formula is C7H11PS2. The molecule has 1 saturated heterocycles. The molecule has 0 amide bonds. The maximum atomic E-state index is 5.40. The van der Waals surface area contributed by atoms with Gasteiger partial charge in [-0.3, -0.25) is 0 Å². The topological polar surface area (TPSA) is 0 Å². The summed E-state index contributed by atoms with van der Waals surface area (Å²) in [6.45, 7) is 2.22. The Balaban J connectivity index is 2.48. The minimum absolute atomic E-state index is 0.501. The van der Waals surface area contributed by atoms with Gasteiger partial charge in [0.15, 0.2) is 0 Å². The third kappa shape index (κ3) is 2.31. The summed E-state index contributed by atoms with van der Waals surface area (Å²) in [5.74, 6) is 4.39. The van der Waals surface area contributed by atoms with Crippen LogP contribution < -0.4 is 0 Å². The van der Waals surface area contributed by atoms with Gasteiger partial charge in [-0.05, 0) is 19.2 Å². The molecule has 1 rings (SSSR count). The molecule has 56 valence electrons. The minimum atomic E-state index is -0.983. The van der Waals surface area contributed by atoms with E-state index in [1.165, 1.54) is 6.16 Å². The van der Waals surface area contributed by atoms with E-state index in [0.717, 1.165) is 12.2 Å². The molecule has 0 spiro atoms. The second-order valence-electron chi connectivity index (χ2n) is 2.69. The molecule has 2 atom stereocenters. The molecule has 1 fully saturated rings. The lowest BCUT2D eigenvalue weighted by atomic mass is 10.1. The molecule has 0 aromatic rings. The SMILES string of the molecule is C#CC1CCP(C)(=S)SC1. The van der Waals surface area contributed by atoms with Crippen molar-refractivity contribution < 1.29 is 0 Å². The summed E-state index contributed by atoms with van der Waals surface area (Å²) in [4.78, 5) is 0.